The summed E-state index contributed by atoms with van der Waals surface area (Å²) in [5.74, 6) is 0.486. The van der Waals surface area contributed by atoms with Gasteiger partial charge in [0.2, 0.25) is 0 Å². The number of carbonyl (C=O) groups excluding carboxylic acids is 2. The number of rotatable bonds is 10. The fourth-order valence-electron chi connectivity index (χ4n) is 2.32. The smallest absolute Gasteiger partial charge is 0.306 e. The Kier molecular flexibility index (Phi) is 8.16. The van der Waals surface area contributed by atoms with Gasteiger partial charge in [-0.25, -0.2) is 0 Å². The minimum absolute atomic E-state index is 0.181. The predicted octanol–water partition coefficient (Wildman–Crippen LogP) is 3.81. The van der Waals surface area contributed by atoms with E-state index in [1.54, 1.807) is 18.2 Å². The van der Waals surface area contributed by atoms with Crippen LogP contribution in [-0.4, -0.2) is 31.2 Å². The predicted molar refractivity (Wildman–Crippen MR) is 103 cm³/mol. The van der Waals surface area contributed by atoms with Crippen LogP contribution in [0.5, 0.6) is 11.5 Å². The molecule has 0 bridgehead atoms. The number of hydrogen-bond donors (Lipinski definition) is 1. The van der Waals surface area contributed by atoms with Gasteiger partial charge >= 0.3 is 5.97 Å². The zero-order valence-electron chi connectivity index (χ0n) is 15.6. The lowest BCUT2D eigenvalue weighted by atomic mass is 10.2. The lowest BCUT2D eigenvalue weighted by Gasteiger charge is -2.15. The number of amides is 1. The topological polar surface area (TPSA) is 73.9 Å². The molecule has 27 heavy (non-hydrogen) atoms. The van der Waals surface area contributed by atoms with Gasteiger partial charge in [0.1, 0.15) is 11.5 Å². The number of hydrogen-bond acceptors (Lipinski definition) is 5. The standard InChI is InChI=1S/C21H25NO5/c1-3-25-19-13-8-7-12-18(19)22-21(24)16(2)27-20(23)14-9-15-26-17-10-5-4-6-11-17/h4-8,10-13,16H,3,9,14-15H2,1-2H3,(H,22,24)/t16-/m1/s1. The molecule has 1 N–H and O–H groups in total. The van der Waals surface area contributed by atoms with E-state index in [4.69, 9.17) is 14.2 Å². The number of ether oxygens (including phenoxy) is 3. The molecule has 2 aromatic rings. The summed E-state index contributed by atoms with van der Waals surface area (Å²) in [4.78, 5) is 24.2. The molecule has 1 atom stereocenters. The third kappa shape index (κ3) is 7.01. The number of anilines is 1. The first-order valence-electron chi connectivity index (χ1n) is 9.00. The van der Waals surface area contributed by atoms with E-state index in [1.165, 1.54) is 6.92 Å². The molecular formula is C21H25NO5. The van der Waals surface area contributed by atoms with E-state index < -0.39 is 18.0 Å². The van der Waals surface area contributed by atoms with Crippen LogP contribution in [0.4, 0.5) is 5.69 Å². The van der Waals surface area contributed by atoms with E-state index in [1.807, 2.05) is 43.3 Å². The highest BCUT2D eigenvalue weighted by atomic mass is 16.5. The van der Waals surface area contributed by atoms with Gasteiger partial charge < -0.3 is 19.5 Å². The first kappa shape index (κ1) is 20.3. The van der Waals surface area contributed by atoms with Crippen LogP contribution in [0.25, 0.3) is 0 Å². The highest BCUT2D eigenvalue weighted by molar-refractivity contribution is 5.96. The third-order valence-electron chi connectivity index (χ3n) is 3.66. The maximum absolute atomic E-state index is 12.3. The SMILES string of the molecule is CCOc1ccccc1NC(=O)[C@@H](C)OC(=O)CCCOc1ccccc1. The van der Waals surface area contributed by atoms with Crippen molar-refractivity contribution in [3.05, 3.63) is 54.6 Å². The van der Waals surface area contributed by atoms with Crippen molar-refractivity contribution in [2.75, 3.05) is 18.5 Å². The van der Waals surface area contributed by atoms with Crippen molar-refractivity contribution in [1.82, 2.24) is 0 Å². The Bertz CT molecular complexity index is 732. The van der Waals surface area contributed by atoms with Crippen LogP contribution < -0.4 is 14.8 Å². The molecule has 0 aliphatic rings. The van der Waals surface area contributed by atoms with Crippen molar-refractivity contribution < 1.29 is 23.8 Å². The summed E-state index contributed by atoms with van der Waals surface area (Å²) >= 11 is 0. The van der Waals surface area contributed by atoms with Gasteiger partial charge in [0.05, 0.1) is 18.9 Å². The Hall–Kier alpha value is -3.02. The molecule has 0 unspecified atom stereocenters. The first-order valence-corrected chi connectivity index (χ1v) is 9.00. The Labute approximate surface area is 159 Å². The van der Waals surface area contributed by atoms with E-state index in [0.717, 1.165) is 5.75 Å². The minimum Gasteiger partial charge on any atom is -0.494 e. The average molecular weight is 371 g/mol. The van der Waals surface area contributed by atoms with E-state index in [-0.39, 0.29) is 6.42 Å². The Morgan fingerprint density at radius 2 is 1.70 bits per heavy atom. The van der Waals surface area contributed by atoms with Crippen molar-refractivity contribution in [1.29, 1.82) is 0 Å². The highest BCUT2D eigenvalue weighted by Gasteiger charge is 2.19. The van der Waals surface area contributed by atoms with E-state index in [9.17, 15) is 9.59 Å². The van der Waals surface area contributed by atoms with Gasteiger partial charge in [-0.3, -0.25) is 9.59 Å². The number of esters is 1. The molecule has 0 heterocycles. The highest BCUT2D eigenvalue weighted by Crippen LogP contribution is 2.24. The summed E-state index contributed by atoms with van der Waals surface area (Å²) in [7, 11) is 0. The lowest BCUT2D eigenvalue weighted by Crippen LogP contribution is -2.30. The van der Waals surface area contributed by atoms with Crippen LogP contribution in [0.3, 0.4) is 0 Å². The van der Waals surface area contributed by atoms with Crippen molar-refractivity contribution in [3.8, 4) is 11.5 Å². The summed E-state index contributed by atoms with van der Waals surface area (Å²) < 4.78 is 16.2. The fourth-order valence-corrected chi connectivity index (χ4v) is 2.32. The number of carbonyl (C=O) groups is 2. The molecule has 144 valence electrons. The summed E-state index contributed by atoms with van der Waals surface area (Å²) in [5, 5.41) is 2.72. The molecule has 2 aromatic carbocycles. The number of para-hydroxylation sites is 3. The second-order valence-electron chi connectivity index (χ2n) is 5.82. The van der Waals surface area contributed by atoms with Crippen LogP contribution in [-0.2, 0) is 14.3 Å². The number of nitrogens with one attached hydrogen (secondary N) is 1. The van der Waals surface area contributed by atoms with Crippen molar-refractivity contribution in [3.63, 3.8) is 0 Å². The monoisotopic (exact) mass is 371 g/mol. The molecule has 1 amide bonds. The van der Waals surface area contributed by atoms with Gasteiger partial charge in [0, 0.05) is 6.42 Å². The molecule has 0 spiro atoms. The lowest BCUT2D eigenvalue weighted by molar-refractivity contribution is -0.153. The molecule has 6 heteroatoms. The minimum atomic E-state index is -0.901. The van der Waals surface area contributed by atoms with Crippen LogP contribution in [0, 0.1) is 0 Å². The maximum Gasteiger partial charge on any atom is 0.306 e. The number of benzene rings is 2. The Morgan fingerprint density at radius 3 is 2.44 bits per heavy atom. The molecule has 6 nitrogen and oxygen atoms in total. The van der Waals surface area contributed by atoms with Gasteiger partial charge in [-0.05, 0) is 44.5 Å². The Morgan fingerprint density at radius 1 is 1.00 bits per heavy atom. The van der Waals surface area contributed by atoms with Gasteiger partial charge in [-0.1, -0.05) is 30.3 Å². The Balaban J connectivity index is 1.72. The molecule has 2 rings (SSSR count). The van der Waals surface area contributed by atoms with Gasteiger partial charge in [0.25, 0.3) is 5.91 Å². The fraction of sp³-hybridized carbons (Fsp3) is 0.333. The normalized spacial score (nSPS) is 11.3. The van der Waals surface area contributed by atoms with E-state index in [2.05, 4.69) is 5.32 Å². The molecule has 0 fully saturated rings. The largest absolute Gasteiger partial charge is 0.494 e. The molecule has 0 radical (unpaired) electrons. The zero-order chi connectivity index (χ0) is 19.5. The summed E-state index contributed by atoms with van der Waals surface area (Å²) in [6, 6.07) is 16.5. The van der Waals surface area contributed by atoms with E-state index >= 15 is 0 Å². The molecular weight excluding hydrogens is 346 g/mol. The zero-order valence-corrected chi connectivity index (χ0v) is 15.6. The van der Waals surface area contributed by atoms with E-state index in [0.29, 0.717) is 31.1 Å². The molecule has 0 aromatic heterocycles. The summed E-state index contributed by atoms with van der Waals surface area (Å²) in [6.07, 6.45) is -0.211. The third-order valence-corrected chi connectivity index (χ3v) is 3.66. The van der Waals surface area contributed by atoms with Crippen LogP contribution in [0.1, 0.15) is 26.7 Å². The first-order chi connectivity index (χ1) is 13.1. The summed E-state index contributed by atoms with van der Waals surface area (Å²) in [5.41, 5.74) is 0.545. The van der Waals surface area contributed by atoms with Gasteiger partial charge in [0.15, 0.2) is 6.10 Å². The molecule has 0 saturated heterocycles. The van der Waals surface area contributed by atoms with Gasteiger partial charge in [-0.2, -0.15) is 0 Å². The van der Waals surface area contributed by atoms with Crippen LogP contribution >= 0.6 is 0 Å². The second kappa shape index (κ2) is 10.9. The average Bonchev–Trinajstić information content (AvgIpc) is 2.67. The molecule has 0 saturated carbocycles. The van der Waals surface area contributed by atoms with Crippen molar-refractivity contribution in [2.24, 2.45) is 0 Å². The summed E-state index contributed by atoms with van der Waals surface area (Å²) in [6.45, 7) is 4.30. The van der Waals surface area contributed by atoms with Crippen molar-refractivity contribution in [2.45, 2.75) is 32.8 Å². The molecule has 0 aliphatic heterocycles. The quantitative estimate of drug-likeness (QED) is 0.508. The van der Waals surface area contributed by atoms with Gasteiger partial charge in [-0.15, -0.1) is 0 Å². The van der Waals surface area contributed by atoms with Crippen molar-refractivity contribution >= 4 is 17.6 Å². The van der Waals surface area contributed by atoms with Crippen LogP contribution in [0.2, 0.25) is 0 Å². The second-order valence-corrected chi connectivity index (χ2v) is 5.82. The maximum atomic E-state index is 12.3. The molecule has 0 aliphatic carbocycles. The van der Waals surface area contributed by atoms with Crippen LogP contribution in [0.15, 0.2) is 54.6 Å².